The average Bonchev–Trinajstić information content (AvgIpc) is 3.53. The second-order valence-corrected chi connectivity index (χ2v) is 9.23. The van der Waals surface area contributed by atoms with Crippen LogP contribution in [0.1, 0.15) is 63.3 Å². The molecule has 7 nitrogen and oxygen atoms in total. The topological polar surface area (TPSA) is 88.8 Å². The number of nitrogens with zero attached hydrogens (tertiary/aromatic N) is 4. The second-order valence-electron chi connectivity index (χ2n) is 8.35. The number of likely N-dealkylation sites (tertiary alicyclic amines) is 1. The van der Waals surface area contributed by atoms with Crippen molar-refractivity contribution in [3.63, 3.8) is 0 Å². The van der Waals surface area contributed by atoms with E-state index in [1.54, 1.807) is 35.8 Å². The first-order chi connectivity index (χ1) is 15.6. The lowest BCUT2D eigenvalue weighted by molar-refractivity contribution is 0.0790. The summed E-state index contributed by atoms with van der Waals surface area (Å²) >= 11 is 1.25. The fraction of sp³-hybridized carbons (Fsp3) is 0.417. The normalized spacial score (nSPS) is 16.1. The maximum Gasteiger partial charge on any atom is 0.266 e. The first kappa shape index (κ1) is 22.0. The molecule has 0 bridgehead atoms. The van der Waals surface area contributed by atoms with Crippen LogP contribution < -0.4 is 5.32 Å². The Hall–Kier alpha value is -3.18. The maximum absolute atomic E-state index is 13.3. The van der Waals surface area contributed by atoms with Gasteiger partial charge in [-0.2, -0.15) is 5.26 Å². The largest absolute Gasteiger partial charge is 0.363 e. The van der Waals surface area contributed by atoms with E-state index in [1.807, 2.05) is 12.1 Å². The molecule has 1 saturated carbocycles. The molecular formula is C24H27N5O2S. The van der Waals surface area contributed by atoms with E-state index in [4.69, 9.17) is 0 Å². The van der Waals surface area contributed by atoms with Crippen LogP contribution in [-0.4, -0.2) is 54.1 Å². The number of nitriles is 1. The third-order valence-corrected chi connectivity index (χ3v) is 6.71. The first-order valence-corrected chi connectivity index (χ1v) is 11.9. The van der Waals surface area contributed by atoms with Gasteiger partial charge in [0.15, 0.2) is 0 Å². The molecule has 32 heavy (non-hydrogen) atoms. The molecule has 0 spiro atoms. The van der Waals surface area contributed by atoms with Gasteiger partial charge >= 0.3 is 0 Å². The zero-order chi connectivity index (χ0) is 22.5. The molecule has 8 heteroatoms. The number of thiophene rings is 1. The monoisotopic (exact) mass is 449 g/mol. The minimum atomic E-state index is -0.209. The lowest BCUT2D eigenvalue weighted by atomic mass is 10.1. The van der Waals surface area contributed by atoms with E-state index < -0.39 is 0 Å². The van der Waals surface area contributed by atoms with Gasteiger partial charge in [-0.3, -0.25) is 9.59 Å². The Morgan fingerprint density at radius 2 is 2.03 bits per heavy atom. The zero-order valence-corrected chi connectivity index (χ0v) is 19.0. The Kier molecular flexibility index (Phi) is 6.86. The van der Waals surface area contributed by atoms with Crippen LogP contribution in [0.2, 0.25) is 0 Å². The van der Waals surface area contributed by atoms with Gasteiger partial charge in [0.05, 0.1) is 23.5 Å². The van der Waals surface area contributed by atoms with Crippen LogP contribution in [0, 0.1) is 11.3 Å². The summed E-state index contributed by atoms with van der Waals surface area (Å²) in [5.74, 6) is -0.384. The SMILES string of the molecule is CN(Cc1ccccc1C#N)C(=O)c1scc(C(=O)NC2CC2)c1/N=C/N1CCCCC1. The Balaban J connectivity index is 1.59. The number of benzene rings is 1. The molecule has 2 amide bonds. The summed E-state index contributed by atoms with van der Waals surface area (Å²) in [7, 11) is 1.71. The number of hydrogen-bond donors (Lipinski definition) is 1. The standard InChI is InChI=1S/C24H27N5O2S/c1-28(14-18-8-4-3-7-17(18)13-25)24(31)22-21(26-16-29-11-5-2-6-12-29)20(15-32-22)23(30)27-19-9-10-19/h3-4,7-8,15-16,19H,2,5-6,9-12,14H2,1H3,(H,27,30)/b26-16+. The van der Waals surface area contributed by atoms with Gasteiger partial charge in [0.2, 0.25) is 0 Å². The molecular weight excluding hydrogens is 422 g/mol. The predicted octanol–water partition coefficient (Wildman–Crippen LogP) is 3.93. The van der Waals surface area contributed by atoms with E-state index in [9.17, 15) is 14.9 Å². The number of hydrogen-bond acceptors (Lipinski definition) is 5. The van der Waals surface area contributed by atoms with Crippen LogP contribution in [0.4, 0.5) is 5.69 Å². The maximum atomic E-state index is 13.3. The van der Waals surface area contributed by atoms with E-state index in [0.717, 1.165) is 44.3 Å². The molecule has 2 heterocycles. The molecule has 166 valence electrons. The number of rotatable bonds is 7. The summed E-state index contributed by atoms with van der Waals surface area (Å²) in [6, 6.07) is 9.65. The highest BCUT2D eigenvalue weighted by atomic mass is 32.1. The average molecular weight is 450 g/mol. The van der Waals surface area contributed by atoms with Crippen LogP contribution >= 0.6 is 11.3 Å². The summed E-state index contributed by atoms with van der Waals surface area (Å²) in [6.45, 7) is 2.18. The van der Waals surface area contributed by atoms with Crippen molar-refractivity contribution >= 4 is 35.2 Å². The molecule has 1 saturated heterocycles. The number of carbonyl (C=O) groups excluding carboxylic acids is 2. The van der Waals surface area contributed by atoms with E-state index in [2.05, 4.69) is 21.3 Å². The van der Waals surface area contributed by atoms with Gasteiger partial charge < -0.3 is 15.1 Å². The number of nitrogens with one attached hydrogen (secondary N) is 1. The third-order valence-electron chi connectivity index (χ3n) is 5.75. The van der Waals surface area contributed by atoms with Crippen molar-refractivity contribution in [1.82, 2.24) is 15.1 Å². The van der Waals surface area contributed by atoms with Crippen molar-refractivity contribution in [2.24, 2.45) is 4.99 Å². The van der Waals surface area contributed by atoms with E-state index in [-0.39, 0.29) is 17.9 Å². The Labute approximate surface area is 192 Å². The van der Waals surface area contributed by atoms with Crippen LogP contribution in [0.25, 0.3) is 0 Å². The highest BCUT2D eigenvalue weighted by molar-refractivity contribution is 7.13. The van der Waals surface area contributed by atoms with Crippen LogP contribution in [0.3, 0.4) is 0 Å². The van der Waals surface area contributed by atoms with Crippen molar-refractivity contribution in [2.45, 2.75) is 44.7 Å². The van der Waals surface area contributed by atoms with Crippen LogP contribution in [-0.2, 0) is 6.54 Å². The summed E-state index contributed by atoms with van der Waals surface area (Å²) in [6.07, 6.45) is 7.23. The van der Waals surface area contributed by atoms with E-state index >= 15 is 0 Å². The molecule has 0 radical (unpaired) electrons. The summed E-state index contributed by atoms with van der Waals surface area (Å²) in [4.78, 5) is 34.9. The minimum Gasteiger partial charge on any atom is -0.363 e. The third kappa shape index (κ3) is 5.17. The van der Waals surface area contributed by atoms with Crippen molar-refractivity contribution in [3.8, 4) is 6.07 Å². The van der Waals surface area contributed by atoms with E-state index in [0.29, 0.717) is 28.2 Å². The number of amides is 2. The van der Waals surface area contributed by atoms with Gasteiger partial charge in [0.1, 0.15) is 10.6 Å². The van der Waals surface area contributed by atoms with Crippen molar-refractivity contribution in [2.75, 3.05) is 20.1 Å². The minimum absolute atomic E-state index is 0.175. The van der Waals surface area contributed by atoms with Crippen molar-refractivity contribution < 1.29 is 9.59 Å². The molecule has 2 aromatic rings. The quantitative estimate of drug-likeness (QED) is 0.512. The first-order valence-electron chi connectivity index (χ1n) is 11.0. The molecule has 4 rings (SSSR count). The lowest BCUT2D eigenvalue weighted by Crippen LogP contribution is -2.29. The summed E-state index contributed by atoms with van der Waals surface area (Å²) < 4.78 is 0. The Bertz CT molecular complexity index is 1060. The highest BCUT2D eigenvalue weighted by Gasteiger charge is 2.28. The Morgan fingerprint density at radius 1 is 1.28 bits per heavy atom. The smallest absolute Gasteiger partial charge is 0.266 e. The van der Waals surface area contributed by atoms with Gasteiger partial charge in [0.25, 0.3) is 11.8 Å². The zero-order valence-electron chi connectivity index (χ0n) is 18.2. The molecule has 1 N–H and O–H groups in total. The summed E-state index contributed by atoms with van der Waals surface area (Å²) in [5, 5.41) is 14.1. The van der Waals surface area contributed by atoms with Crippen LogP contribution in [0.15, 0.2) is 34.6 Å². The molecule has 1 aliphatic carbocycles. The number of aliphatic imine (C=N–C) groups is 1. The second kappa shape index (κ2) is 9.96. The predicted molar refractivity (Wildman–Crippen MR) is 125 cm³/mol. The fourth-order valence-corrected chi connectivity index (χ4v) is 4.71. The Morgan fingerprint density at radius 3 is 2.75 bits per heavy atom. The molecule has 2 fully saturated rings. The number of carbonyl (C=O) groups is 2. The van der Waals surface area contributed by atoms with Gasteiger partial charge in [-0.1, -0.05) is 18.2 Å². The number of piperidine rings is 1. The van der Waals surface area contributed by atoms with Gasteiger partial charge in [-0.05, 0) is 43.7 Å². The molecule has 0 atom stereocenters. The summed E-state index contributed by atoms with van der Waals surface area (Å²) in [5.41, 5.74) is 2.21. The lowest BCUT2D eigenvalue weighted by Gasteiger charge is -2.24. The molecule has 2 aliphatic rings. The highest BCUT2D eigenvalue weighted by Crippen LogP contribution is 2.33. The molecule has 1 aromatic carbocycles. The van der Waals surface area contributed by atoms with Crippen molar-refractivity contribution in [1.29, 1.82) is 5.26 Å². The van der Waals surface area contributed by atoms with Gasteiger partial charge in [0, 0.05) is 38.1 Å². The van der Waals surface area contributed by atoms with E-state index in [1.165, 1.54) is 17.8 Å². The van der Waals surface area contributed by atoms with Gasteiger partial charge in [-0.25, -0.2) is 4.99 Å². The molecule has 1 aromatic heterocycles. The van der Waals surface area contributed by atoms with Crippen LogP contribution in [0.5, 0.6) is 0 Å². The molecule has 1 aliphatic heterocycles. The van der Waals surface area contributed by atoms with Gasteiger partial charge in [-0.15, -0.1) is 11.3 Å². The van der Waals surface area contributed by atoms with Crippen molar-refractivity contribution in [3.05, 3.63) is 51.2 Å². The molecule has 0 unspecified atom stereocenters. The fourth-order valence-electron chi connectivity index (χ4n) is 3.72.